The van der Waals surface area contributed by atoms with Crippen LogP contribution in [0.2, 0.25) is 0 Å². The number of hydrogen-bond acceptors (Lipinski definition) is 1. The van der Waals surface area contributed by atoms with Crippen molar-refractivity contribution >= 4 is 0 Å². The van der Waals surface area contributed by atoms with Crippen molar-refractivity contribution in [3.63, 3.8) is 0 Å². The summed E-state index contributed by atoms with van der Waals surface area (Å²) < 4.78 is 0. The Hall–Kier alpha value is -0.510. The highest BCUT2D eigenvalue weighted by atomic mass is 14.3. The van der Waals surface area contributed by atoms with Gasteiger partial charge in [0, 0.05) is 5.92 Å². The second kappa shape index (κ2) is 6.61. The van der Waals surface area contributed by atoms with Crippen LogP contribution in [0.15, 0.2) is 0 Å². The topological polar surface area (TPSA) is 23.8 Å². The van der Waals surface area contributed by atoms with Crippen molar-refractivity contribution in [2.24, 2.45) is 5.92 Å². The van der Waals surface area contributed by atoms with Gasteiger partial charge in [0.15, 0.2) is 0 Å². The zero-order valence-electron chi connectivity index (χ0n) is 6.77. The summed E-state index contributed by atoms with van der Waals surface area (Å²) in [5.41, 5.74) is 0. The summed E-state index contributed by atoms with van der Waals surface area (Å²) in [6.07, 6.45) is 5.29. The Bertz CT molecular complexity index is 102. The molecule has 0 bridgehead atoms. The van der Waals surface area contributed by atoms with Gasteiger partial charge in [0.2, 0.25) is 0 Å². The van der Waals surface area contributed by atoms with Gasteiger partial charge in [-0.25, -0.2) is 0 Å². The quantitative estimate of drug-likeness (QED) is 0.573. The molecule has 10 heavy (non-hydrogen) atoms. The van der Waals surface area contributed by atoms with E-state index >= 15 is 0 Å². The minimum Gasteiger partial charge on any atom is -0.198 e. The molecule has 0 amide bonds. The Morgan fingerprint density at radius 2 is 2.20 bits per heavy atom. The lowest BCUT2D eigenvalue weighted by molar-refractivity contribution is 0.532. The highest BCUT2D eigenvalue weighted by Crippen LogP contribution is 2.12. The maximum absolute atomic E-state index is 8.61. The largest absolute Gasteiger partial charge is 0.198 e. The first-order chi connectivity index (χ1) is 4.85. The maximum atomic E-state index is 8.61. The molecule has 0 aromatic carbocycles. The minimum absolute atomic E-state index is 0.262. The summed E-state index contributed by atoms with van der Waals surface area (Å²) >= 11 is 0. The van der Waals surface area contributed by atoms with E-state index < -0.39 is 0 Å². The van der Waals surface area contributed by atoms with Crippen molar-refractivity contribution in [1.29, 1.82) is 5.26 Å². The standard InChI is InChI=1S/C9H16N/c1-3-5-7-9(8-10)6-4-2/h9H,2-7H2,1H3. The van der Waals surface area contributed by atoms with Gasteiger partial charge in [-0.3, -0.25) is 0 Å². The predicted molar refractivity (Wildman–Crippen MR) is 43.2 cm³/mol. The van der Waals surface area contributed by atoms with E-state index in [1.165, 1.54) is 12.8 Å². The lowest BCUT2D eigenvalue weighted by atomic mass is 9.99. The Morgan fingerprint density at radius 3 is 2.60 bits per heavy atom. The second-order valence-corrected chi connectivity index (χ2v) is 2.61. The molecule has 1 atom stereocenters. The molecule has 0 aromatic heterocycles. The highest BCUT2D eigenvalue weighted by molar-refractivity contribution is 4.82. The van der Waals surface area contributed by atoms with Gasteiger partial charge < -0.3 is 0 Å². The van der Waals surface area contributed by atoms with Crippen molar-refractivity contribution in [3.05, 3.63) is 6.92 Å². The number of nitriles is 1. The third-order valence-electron chi connectivity index (χ3n) is 1.64. The number of unbranched alkanes of at least 4 members (excludes halogenated alkanes) is 1. The lowest BCUT2D eigenvalue weighted by Gasteiger charge is -2.04. The van der Waals surface area contributed by atoms with Crippen LogP contribution < -0.4 is 0 Å². The van der Waals surface area contributed by atoms with E-state index in [0.717, 1.165) is 19.3 Å². The van der Waals surface area contributed by atoms with Gasteiger partial charge in [0.25, 0.3) is 0 Å². The fourth-order valence-electron chi connectivity index (χ4n) is 0.970. The van der Waals surface area contributed by atoms with Gasteiger partial charge in [0.1, 0.15) is 0 Å². The molecule has 0 aromatic rings. The zero-order valence-corrected chi connectivity index (χ0v) is 6.77. The van der Waals surface area contributed by atoms with Gasteiger partial charge in [-0.15, -0.1) is 0 Å². The lowest BCUT2D eigenvalue weighted by Crippen LogP contribution is -1.95. The minimum atomic E-state index is 0.262. The molecular formula is C9H16N. The first-order valence-electron chi connectivity index (χ1n) is 4.04. The van der Waals surface area contributed by atoms with Crippen molar-refractivity contribution in [2.75, 3.05) is 0 Å². The van der Waals surface area contributed by atoms with Crippen molar-refractivity contribution < 1.29 is 0 Å². The molecule has 0 fully saturated rings. The monoisotopic (exact) mass is 138 g/mol. The molecular weight excluding hydrogens is 122 g/mol. The summed E-state index contributed by atoms with van der Waals surface area (Å²) in [6, 6.07) is 2.30. The van der Waals surface area contributed by atoms with E-state index in [0.29, 0.717) is 0 Å². The highest BCUT2D eigenvalue weighted by Gasteiger charge is 2.03. The Kier molecular flexibility index (Phi) is 6.27. The summed E-state index contributed by atoms with van der Waals surface area (Å²) in [6.45, 7) is 5.88. The van der Waals surface area contributed by atoms with E-state index in [4.69, 9.17) is 5.26 Å². The number of rotatable bonds is 5. The molecule has 0 heterocycles. The molecule has 0 saturated heterocycles. The molecule has 1 unspecified atom stereocenters. The van der Waals surface area contributed by atoms with E-state index in [1.807, 2.05) is 0 Å². The van der Waals surface area contributed by atoms with Gasteiger partial charge in [-0.1, -0.05) is 33.1 Å². The van der Waals surface area contributed by atoms with E-state index in [2.05, 4.69) is 19.9 Å². The Labute approximate surface area is 64.1 Å². The molecule has 0 rings (SSSR count). The van der Waals surface area contributed by atoms with Gasteiger partial charge in [-0.2, -0.15) is 5.26 Å². The molecule has 1 nitrogen and oxygen atoms in total. The van der Waals surface area contributed by atoms with Crippen molar-refractivity contribution in [2.45, 2.75) is 39.0 Å². The SMILES string of the molecule is [CH2]CCC(C#N)CCCC. The van der Waals surface area contributed by atoms with Crippen LogP contribution in [-0.2, 0) is 0 Å². The number of nitrogens with zero attached hydrogens (tertiary/aromatic N) is 1. The molecule has 0 aliphatic carbocycles. The molecule has 0 spiro atoms. The number of hydrogen-bond donors (Lipinski definition) is 0. The Balaban J connectivity index is 3.33. The first kappa shape index (κ1) is 9.49. The smallest absolute Gasteiger partial charge is 0.0655 e. The maximum Gasteiger partial charge on any atom is 0.0655 e. The van der Waals surface area contributed by atoms with Crippen LogP contribution in [0.25, 0.3) is 0 Å². The molecule has 1 heteroatoms. The summed E-state index contributed by atoms with van der Waals surface area (Å²) in [4.78, 5) is 0. The van der Waals surface area contributed by atoms with Crippen LogP contribution in [-0.4, -0.2) is 0 Å². The summed E-state index contributed by atoms with van der Waals surface area (Å²) in [7, 11) is 0. The van der Waals surface area contributed by atoms with E-state index in [1.54, 1.807) is 0 Å². The van der Waals surface area contributed by atoms with E-state index in [-0.39, 0.29) is 5.92 Å². The molecule has 1 radical (unpaired) electrons. The van der Waals surface area contributed by atoms with Crippen LogP contribution in [0.1, 0.15) is 39.0 Å². The fourth-order valence-corrected chi connectivity index (χ4v) is 0.970. The summed E-state index contributed by atoms with van der Waals surface area (Å²) in [5.74, 6) is 0.262. The van der Waals surface area contributed by atoms with Gasteiger partial charge in [0.05, 0.1) is 6.07 Å². The van der Waals surface area contributed by atoms with Crippen LogP contribution >= 0.6 is 0 Å². The predicted octanol–water partition coefficient (Wildman–Crippen LogP) is 2.93. The van der Waals surface area contributed by atoms with Crippen LogP contribution in [0.4, 0.5) is 0 Å². The van der Waals surface area contributed by atoms with Gasteiger partial charge in [-0.05, 0) is 12.8 Å². The average molecular weight is 138 g/mol. The molecule has 0 aliphatic heterocycles. The second-order valence-electron chi connectivity index (χ2n) is 2.61. The normalized spacial score (nSPS) is 12.5. The third kappa shape index (κ3) is 4.38. The molecule has 57 valence electrons. The van der Waals surface area contributed by atoms with Crippen LogP contribution in [0.3, 0.4) is 0 Å². The molecule has 0 aliphatic rings. The van der Waals surface area contributed by atoms with E-state index in [9.17, 15) is 0 Å². The third-order valence-corrected chi connectivity index (χ3v) is 1.64. The van der Waals surface area contributed by atoms with Crippen LogP contribution in [0, 0.1) is 24.2 Å². The van der Waals surface area contributed by atoms with Gasteiger partial charge >= 0.3 is 0 Å². The molecule has 0 saturated carbocycles. The molecule has 0 N–H and O–H groups in total. The van der Waals surface area contributed by atoms with Crippen molar-refractivity contribution in [1.82, 2.24) is 0 Å². The zero-order chi connectivity index (χ0) is 7.82. The summed E-state index contributed by atoms with van der Waals surface area (Å²) in [5, 5.41) is 8.61. The average Bonchev–Trinajstić information content (AvgIpc) is 1.98. The van der Waals surface area contributed by atoms with Crippen molar-refractivity contribution in [3.8, 4) is 6.07 Å². The fraction of sp³-hybridized carbons (Fsp3) is 0.778. The first-order valence-corrected chi connectivity index (χ1v) is 4.04. The Morgan fingerprint density at radius 1 is 1.50 bits per heavy atom. The van der Waals surface area contributed by atoms with Crippen LogP contribution in [0.5, 0.6) is 0 Å².